The Balaban J connectivity index is 1.64. The first-order valence-corrected chi connectivity index (χ1v) is 7.46. The van der Waals surface area contributed by atoms with Crippen molar-refractivity contribution in [3.63, 3.8) is 0 Å². The molecule has 0 saturated heterocycles. The molecule has 4 nitrogen and oxygen atoms in total. The number of nitrogens with zero attached hydrogens (tertiary/aromatic N) is 1. The van der Waals surface area contributed by atoms with Gasteiger partial charge in [0, 0.05) is 17.1 Å². The number of aryl methyl sites for hydroxylation is 1. The van der Waals surface area contributed by atoms with Gasteiger partial charge in [-0.1, -0.05) is 35.0 Å². The van der Waals surface area contributed by atoms with Gasteiger partial charge in [-0.3, -0.25) is 4.79 Å². The predicted octanol–water partition coefficient (Wildman–Crippen LogP) is 3.92. The van der Waals surface area contributed by atoms with Crippen LogP contribution in [0.3, 0.4) is 0 Å². The van der Waals surface area contributed by atoms with Crippen LogP contribution in [0.2, 0.25) is 5.02 Å². The van der Waals surface area contributed by atoms with Crippen molar-refractivity contribution in [2.75, 3.05) is 5.32 Å². The minimum Gasteiger partial charge on any atom is -0.382 e. The third-order valence-electron chi connectivity index (χ3n) is 3.58. The van der Waals surface area contributed by atoms with Gasteiger partial charge < -0.3 is 10.2 Å². The summed E-state index contributed by atoms with van der Waals surface area (Å²) in [6.45, 7) is 1.89. The predicted molar refractivity (Wildman–Crippen MR) is 87.2 cm³/mol. The third kappa shape index (κ3) is 3.51. The smallest absolute Gasteiger partial charge is 0.268 e. The van der Waals surface area contributed by atoms with Gasteiger partial charge in [-0.05, 0) is 42.3 Å². The first-order valence-electron chi connectivity index (χ1n) is 7.08. The lowest BCUT2D eigenvalue weighted by Gasteiger charge is -2.10. The second kappa shape index (κ2) is 6.38. The second-order valence-electron chi connectivity index (χ2n) is 5.30. The van der Waals surface area contributed by atoms with Crippen molar-refractivity contribution in [2.45, 2.75) is 19.4 Å². The lowest BCUT2D eigenvalue weighted by atomic mass is 10.0. The molecule has 0 radical (unpaired) electrons. The van der Waals surface area contributed by atoms with E-state index in [1.165, 1.54) is 12.1 Å². The Hall–Kier alpha value is -2.40. The zero-order valence-electron chi connectivity index (χ0n) is 12.3. The molecular weight excluding hydrogens is 319 g/mol. The molecule has 1 unspecified atom stereocenters. The zero-order valence-corrected chi connectivity index (χ0v) is 13.1. The summed E-state index contributed by atoms with van der Waals surface area (Å²) in [4.78, 5) is 17.4. The lowest BCUT2D eigenvalue weighted by molar-refractivity contribution is -0.125. The Kier molecular flexibility index (Phi) is 4.30. The van der Waals surface area contributed by atoms with Crippen molar-refractivity contribution in [2.24, 2.45) is 5.16 Å². The first-order chi connectivity index (χ1) is 11.0. The van der Waals surface area contributed by atoms with Crippen LogP contribution in [-0.2, 0) is 9.63 Å². The lowest BCUT2D eigenvalue weighted by Crippen LogP contribution is -2.28. The molecule has 1 atom stereocenters. The average Bonchev–Trinajstić information content (AvgIpc) is 3.02. The molecule has 0 spiro atoms. The standard InChI is InChI=1S/C17H14ClFN2O2/c1-10-2-7-13(8-14(10)18)20-17(22)16-9-15(21-23-16)11-3-5-12(19)6-4-11/h2-8,16H,9H2,1H3,(H,20,22). The average molecular weight is 333 g/mol. The van der Waals surface area contributed by atoms with Crippen molar-refractivity contribution < 1.29 is 14.0 Å². The van der Waals surface area contributed by atoms with Gasteiger partial charge in [-0.2, -0.15) is 0 Å². The summed E-state index contributed by atoms with van der Waals surface area (Å²) < 4.78 is 12.9. The van der Waals surface area contributed by atoms with E-state index in [9.17, 15) is 9.18 Å². The maximum atomic E-state index is 12.9. The van der Waals surface area contributed by atoms with Crippen LogP contribution in [0.25, 0.3) is 0 Å². The summed E-state index contributed by atoms with van der Waals surface area (Å²) in [5, 5.41) is 7.25. The molecule has 1 heterocycles. The summed E-state index contributed by atoms with van der Waals surface area (Å²) >= 11 is 6.04. The number of hydrogen-bond donors (Lipinski definition) is 1. The monoisotopic (exact) mass is 332 g/mol. The van der Waals surface area contributed by atoms with E-state index in [0.29, 0.717) is 22.8 Å². The van der Waals surface area contributed by atoms with Crippen LogP contribution >= 0.6 is 11.6 Å². The van der Waals surface area contributed by atoms with Crippen molar-refractivity contribution in [1.29, 1.82) is 0 Å². The van der Waals surface area contributed by atoms with Crippen molar-refractivity contribution in [1.82, 2.24) is 0 Å². The van der Waals surface area contributed by atoms with E-state index in [0.717, 1.165) is 11.1 Å². The number of hydrogen-bond acceptors (Lipinski definition) is 3. The van der Waals surface area contributed by atoms with Gasteiger partial charge in [0.25, 0.3) is 5.91 Å². The van der Waals surface area contributed by atoms with E-state index in [2.05, 4.69) is 10.5 Å². The van der Waals surface area contributed by atoms with Gasteiger partial charge in [-0.15, -0.1) is 0 Å². The van der Waals surface area contributed by atoms with Crippen LogP contribution in [0.1, 0.15) is 17.5 Å². The fourth-order valence-electron chi connectivity index (χ4n) is 2.22. The van der Waals surface area contributed by atoms with Crippen LogP contribution in [0.5, 0.6) is 0 Å². The SMILES string of the molecule is Cc1ccc(NC(=O)C2CC(c3ccc(F)cc3)=NO2)cc1Cl. The molecule has 118 valence electrons. The molecule has 1 aliphatic rings. The fourth-order valence-corrected chi connectivity index (χ4v) is 2.40. The molecule has 2 aromatic carbocycles. The van der Waals surface area contributed by atoms with Crippen LogP contribution in [-0.4, -0.2) is 17.7 Å². The maximum Gasteiger partial charge on any atom is 0.268 e. The number of anilines is 1. The molecule has 1 amide bonds. The van der Waals surface area contributed by atoms with Crippen LogP contribution < -0.4 is 5.32 Å². The normalized spacial score (nSPS) is 16.7. The van der Waals surface area contributed by atoms with Crippen LogP contribution in [0.4, 0.5) is 10.1 Å². The number of carbonyl (C=O) groups is 1. The van der Waals surface area contributed by atoms with E-state index < -0.39 is 6.10 Å². The number of oxime groups is 1. The highest BCUT2D eigenvalue weighted by Gasteiger charge is 2.29. The van der Waals surface area contributed by atoms with Crippen molar-refractivity contribution in [3.05, 3.63) is 64.4 Å². The highest BCUT2D eigenvalue weighted by molar-refractivity contribution is 6.31. The molecule has 0 bridgehead atoms. The molecule has 1 aliphatic heterocycles. The topological polar surface area (TPSA) is 50.7 Å². The molecule has 0 fully saturated rings. The quantitative estimate of drug-likeness (QED) is 0.926. The summed E-state index contributed by atoms with van der Waals surface area (Å²) in [7, 11) is 0. The highest BCUT2D eigenvalue weighted by Crippen LogP contribution is 2.22. The maximum absolute atomic E-state index is 12.9. The molecular formula is C17H14ClFN2O2. The van der Waals surface area contributed by atoms with E-state index in [1.54, 1.807) is 24.3 Å². The molecule has 23 heavy (non-hydrogen) atoms. The first kappa shape index (κ1) is 15.5. The van der Waals surface area contributed by atoms with E-state index in [1.807, 2.05) is 13.0 Å². The Labute approximate surface area is 137 Å². The van der Waals surface area contributed by atoms with E-state index in [-0.39, 0.29) is 11.7 Å². The minimum absolute atomic E-state index is 0.300. The van der Waals surface area contributed by atoms with Crippen molar-refractivity contribution in [3.8, 4) is 0 Å². The fraction of sp³-hybridized carbons (Fsp3) is 0.176. The highest BCUT2D eigenvalue weighted by atomic mass is 35.5. The van der Waals surface area contributed by atoms with Gasteiger partial charge >= 0.3 is 0 Å². The van der Waals surface area contributed by atoms with Gasteiger partial charge in [0.15, 0.2) is 0 Å². The Morgan fingerprint density at radius 2 is 2.04 bits per heavy atom. The number of nitrogens with one attached hydrogen (secondary N) is 1. The number of halogens is 2. The van der Waals surface area contributed by atoms with Gasteiger partial charge in [-0.25, -0.2) is 4.39 Å². The minimum atomic E-state index is -0.713. The molecule has 0 aliphatic carbocycles. The Morgan fingerprint density at radius 3 is 2.74 bits per heavy atom. The van der Waals surface area contributed by atoms with E-state index >= 15 is 0 Å². The van der Waals surface area contributed by atoms with Crippen LogP contribution in [0, 0.1) is 12.7 Å². The number of carbonyl (C=O) groups excluding carboxylic acids is 1. The molecule has 6 heteroatoms. The molecule has 0 aromatic heterocycles. The molecule has 0 saturated carbocycles. The summed E-state index contributed by atoms with van der Waals surface area (Å²) in [6.07, 6.45) is -0.382. The molecule has 1 N–H and O–H groups in total. The number of rotatable bonds is 3. The molecule has 3 rings (SSSR count). The second-order valence-corrected chi connectivity index (χ2v) is 5.70. The number of benzene rings is 2. The Bertz CT molecular complexity index is 775. The largest absolute Gasteiger partial charge is 0.382 e. The summed E-state index contributed by atoms with van der Waals surface area (Å²) in [6, 6.07) is 11.2. The number of amides is 1. The Morgan fingerprint density at radius 1 is 1.30 bits per heavy atom. The van der Waals surface area contributed by atoms with Crippen LogP contribution in [0.15, 0.2) is 47.6 Å². The summed E-state index contributed by atoms with van der Waals surface area (Å²) in [5.74, 6) is -0.621. The summed E-state index contributed by atoms with van der Waals surface area (Å²) in [5.41, 5.74) is 2.89. The van der Waals surface area contributed by atoms with Crippen molar-refractivity contribution >= 4 is 28.9 Å². The zero-order chi connectivity index (χ0) is 16.4. The molecule has 2 aromatic rings. The van der Waals surface area contributed by atoms with E-state index in [4.69, 9.17) is 16.4 Å². The van der Waals surface area contributed by atoms with Gasteiger partial charge in [0.2, 0.25) is 6.10 Å². The van der Waals surface area contributed by atoms with Gasteiger partial charge in [0.1, 0.15) is 5.82 Å². The third-order valence-corrected chi connectivity index (χ3v) is 3.99. The van der Waals surface area contributed by atoms with Gasteiger partial charge in [0.05, 0.1) is 5.71 Å².